The van der Waals surface area contributed by atoms with Crippen molar-refractivity contribution in [3.05, 3.63) is 69.7 Å². The average molecular weight is 419 g/mol. The molecular weight excluding hydrogens is 395 g/mol. The van der Waals surface area contributed by atoms with Crippen LogP contribution in [0.3, 0.4) is 0 Å². The number of aryl methyl sites for hydroxylation is 1. The van der Waals surface area contributed by atoms with Crippen LogP contribution in [-0.2, 0) is 22.4 Å². The van der Waals surface area contributed by atoms with Gasteiger partial charge in [-0.25, -0.2) is 0 Å². The third-order valence-corrected chi connectivity index (χ3v) is 5.54. The SMILES string of the molecule is O=C(CCc1ccc(Cl)cc1)NC1CCN(C(=O)Cc2ccc(Cl)cc2)CC1. The molecule has 1 aliphatic heterocycles. The molecule has 1 saturated heterocycles. The monoisotopic (exact) mass is 418 g/mol. The molecule has 0 aliphatic carbocycles. The minimum Gasteiger partial charge on any atom is -0.353 e. The van der Waals surface area contributed by atoms with Crippen LogP contribution in [0.4, 0.5) is 0 Å². The molecule has 0 unspecified atom stereocenters. The summed E-state index contributed by atoms with van der Waals surface area (Å²) in [5, 5.41) is 4.47. The Kier molecular flexibility index (Phi) is 7.35. The molecule has 1 N–H and O–H groups in total. The van der Waals surface area contributed by atoms with Gasteiger partial charge in [-0.05, 0) is 54.7 Å². The van der Waals surface area contributed by atoms with Gasteiger partial charge in [0.2, 0.25) is 11.8 Å². The lowest BCUT2D eigenvalue weighted by molar-refractivity contribution is -0.131. The molecule has 1 aliphatic rings. The summed E-state index contributed by atoms with van der Waals surface area (Å²) in [6.07, 6.45) is 3.12. The molecule has 0 radical (unpaired) electrons. The van der Waals surface area contributed by atoms with E-state index in [2.05, 4.69) is 5.32 Å². The van der Waals surface area contributed by atoms with Crippen molar-refractivity contribution in [2.24, 2.45) is 0 Å². The molecule has 4 nitrogen and oxygen atoms in total. The zero-order valence-corrected chi connectivity index (χ0v) is 17.2. The lowest BCUT2D eigenvalue weighted by Gasteiger charge is -2.32. The normalized spacial score (nSPS) is 14.7. The second-order valence-corrected chi connectivity index (χ2v) is 8.03. The van der Waals surface area contributed by atoms with E-state index in [0.717, 1.165) is 24.0 Å². The van der Waals surface area contributed by atoms with E-state index in [4.69, 9.17) is 23.2 Å². The number of piperidine rings is 1. The minimum absolute atomic E-state index is 0.0564. The van der Waals surface area contributed by atoms with E-state index in [1.165, 1.54) is 0 Å². The summed E-state index contributed by atoms with van der Waals surface area (Å²) >= 11 is 11.8. The Labute approximate surface area is 175 Å². The second-order valence-electron chi connectivity index (χ2n) is 7.15. The van der Waals surface area contributed by atoms with Crippen molar-refractivity contribution in [3.63, 3.8) is 0 Å². The highest BCUT2D eigenvalue weighted by Crippen LogP contribution is 2.15. The Bertz CT molecular complexity index is 798. The van der Waals surface area contributed by atoms with Gasteiger partial charge in [-0.15, -0.1) is 0 Å². The van der Waals surface area contributed by atoms with E-state index < -0.39 is 0 Å². The lowest BCUT2D eigenvalue weighted by Crippen LogP contribution is -2.47. The van der Waals surface area contributed by atoms with Gasteiger partial charge in [0, 0.05) is 35.6 Å². The average Bonchev–Trinajstić information content (AvgIpc) is 2.70. The molecule has 3 rings (SSSR count). The fourth-order valence-electron chi connectivity index (χ4n) is 3.37. The molecule has 1 heterocycles. The first kappa shape index (κ1) is 20.7. The fraction of sp³-hybridized carbons (Fsp3) is 0.364. The molecule has 2 aromatic rings. The number of hydrogen-bond acceptors (Lipinski definition) is 2. The van der Waals surface area contributed by atoms with Crippen molar-refractivity contribution in [1.29, 1.82) is 0 Å². The van der Waals surface area contributed by atoms with Gasteiger partial charge in [0.25, 0.3) is 0 Å². The highest BCUT2D eigenvalue weighted by atomic mass is 35.5. The first-order chi connectivity index (χ1) is 13.5. The molecule has 28 heavy (non-hydrogen) atoms. The third kappa shape index (κ3) is 6.25. The minimum atomic E-state index is 0.0564. The first-order valence-corrected chi connectivity index (χ1v) is 10.3. The van der Waals surface area contributed by atoms with Crippen LogP contribution >= 0.6 is 23.2 Å². The lowest BCUT2D eigenvalue weighted by atomic mass is 10.0. The number of halogens is 2. The number of carbonyl (C=O) groups is 2. The maximum absolute atomic E-state index is 12.5. The van der Waals surface area contributed by atoms with Gasteiger partial charge in [0.05, 0.1) is 6.42 Å². The summed E-state index contributed by atoms with van der Waals surface area (Å²) in [5.74, 6) is 0.177. The number of amides is 2. The maximum Gasteiger partial charge on any atom is 0.226 e. The first-order valence-electron chi connectivity index (χ1n) is 9.55. The highest BCUT2D eigenvalue weighted by molar-refractivity contribution is 6.30. The Hall–Kier alpha value is -2.04. The Morgan fingerprint density at radius 2 is 1.43 bits per heavy atom. The van der Waals surface area contributed by atoms with Crippen molar-refractivity contribution in [2.75, 3.05) is 13.1 Å². The molecular formula is C22H24Cl2N2O2. The number of nitrogens with zero attached hydrogens (tertiary/aromatic N) is 1. The van der Waals surface area contributed by atoms with Gasteiger partial charge < -0.3 is 10.2 Å². The van der Waals surface area contributed by atoms with Crippen molar-refractivity contribution >= 4 is 35.0 Å². The quantitative estimate of drug-likeness (QED) is 0.760. The summed E-state index contributed by atoms with van der Waals surface area (Å²) < 4.78 is 0. The van der Waals surface area contributed by atoms with Crippen LogP contribution in [0.25, 0.3) is 0 Å². The van der Waals surface area contributed by atoms with Gasteiger partial charge in [-0.3, -0.25) is 9.59 Å². The molecule has 148 valence electrons. The number of hydrogen-bond donors (Lipinski definition) is 1. The van der Waals surface area contributed by atoms with Crippen LogP contribution in [0.5, 0.6) is 0 Å². The van der Waals surface area contributed by atoms with E-state index >= 15 is 0 Å². The number of benzene rings is 2. The second kappa shape index (κ2) is 9.94. The van der Waals surface area contributed by atoms with Crippen LogP contribution in [-0.4, -0.2) is 35.8 Å². The Morgan fingerprint density at radius 3 is 2.00 bits per heavy atom. The molecule has 2 aromatic carbocycles. The van der Waals surface area contributed by atoms with Crippen molar-refractivity contribution in [2.45, 2.75) is 38.1 Å². The smallest absolute Gasteiger partial charge is 0.226 e. The van der Waals surface area contributed by atoms with E-state index in [1.807, 2.05) is 41.3 Å². The molecule has 0 bridgehead atoms. The molecule has 0 saturated carbocycles. The van der Waals surface area contributed by atoms with Gasteiger partial charge >= 0.3 is 0 Å². The fourth-order valence-corrected chi connectivity index (χ4v) is 3.62. The third-order valence-electron chi connectivity index (χ3n) is 5.04. The highest BCUT2D eigenvalue weighted by Gasteiger charge is 2.23. The number of nitrogens with one attached hydrogen (secondary N) is 1. The molecule has 6 heteroatoms. The zero-order chi connectivity index (χ0) is 19.9. The molecule has 1 fully saturated rings. The van der Waals surface area contributed by atoms with E-state index in [0.29, 0.717) is 42.4 Å². The standard InChI is InChI=1S/C22H24Cl2N2O2/c23-18-6-1-16(2-7-18)5-10-21(27)25-20-11-13-26(14-12-20)22(28)15-17-3-8-19(24)9-4-17/h1-4,6-9,20H,5,10-15H2,(H,25,27). The van der Waals surface area contributed by atoms with Gasteiger partial charge in [0.1, 0.15) is 0 Å². The topological polar surface area (TPSA) is 49.4 Å². The van der Waals surface area contributed by atoms with Crippen LogP contribution in [0.1, 0.15) is 30.4 Å². The predicted molar refractivity (Wildman–Crippen MR) is 113 cm³/mol. The van der Waals surface area contributed by atoms with E-state index in [1.54, 1.807) is 12.1 Å². The molecule has 0 aromatic heterocycles. The van der Waals surface area contributed by atoms with Crippen LogP contribution in [0, 0.1) is 0 Å². The van der Waals surface area contributed by atoms with Crippen molar-refractivity contribution in [3.8, 4) is 0 Å². The van der Waals surface area contributed by atoms with Gasteiger partial charge in [-0.1, -0.05) is 47.5 Å². The van der Waals surface area contributed by atoms with Crippen LogP contribution < -0.4 is 5.32 Å². The van der Waals surface area contributed by atoms with E-state index in [9.17, 15) is 9.59 Å². The van der Waals surface area contributed by atoms with Gasteiger partial charge in [-0.2, -0.15) is 0 Å². The summed E-state index contributed by atoms with van der Waals surface area (Å²) in [7, 11) is 0. The summed E-state index contributed by atoms with van der Waals surface area (Å²) in [4.78, 5) is 26.5. The largest absolute Gasteiger partial charge is 0.353 e. The summed E-state index contributed by atoms with van der Waals surface area (Å²) in [6, 6.07) is 15.1. The van der Waals surface area contributed by atoms with Crippen molar-refractivity contribution in [1.82, 2.24) is 10.2 Å². The van der Waals surface area contributed by atoms with Crippen molar-refractivity contribution < 1.29 is 9.59 Å². The number of carbonyl (C=O) groups excluding carboxylic acids is 2. The summed E-state index contributed by atoms with van der Waals surface area (Å²) in [5.41, 5.74) is 2.06. The van der Waals surface area contributed by atoms with Crippen LogP contribution in [0.2, 0.25) is 10.0 Å². The summed E-state index contributed by atoms with van der Waals surface area (Å²) in [6.45, 7) is 1.35. The predicted octanol–water partition coefficient (Wildman–Crippen LogP) is 4.28. The molecule has 0 atom stereocenters. The van der Waals surface area contributed by atoms with E-state index in [-0.39, 0.29) is 17.9 Å². The van der Waals surface area contributed by atoms with Crippen LogP contribution in [0.15, 0.2) is 48.5 Å². The van der Waals surface area contributed by atoms with Gasteiger partial charge in [0.15, 0.2) is 0 Å². The molecule has 2 amide bonds. The molecule has 0 spiro atoms. The zero-order valence-electron chi connectivity index (χ0n) is 15.7. The maximum atomic E-state index is 12.5. The number of rotatable bonds is 6. The number of likely N-dealkylation sites (tertiary alicyclic amines) is 1. The Morgan fingerprint density at radius 1 is 0.893 bits per heavy atom. The Balaban J connectivity index is 1.38.